The van der Waals surface area contributed by atoms with Crippen LogP contribution in [-0.2, 0) is 0 Å². The molecule has 1 aromatic heterocycles. The number of ether oxygens (including phenoxy) is 1. The lowest BCUT2D eigenvalue weighted by molar-refractivity contribution is 0.110. The van der Waals surface area contributed by atoms with Gasteiger partial charge in [-0.25, -0.2) is 4.98 Å². The summed E-state index contributed by atoms with van der Waals surface area (Å²) in [7, 11) is 2.12. The van der Waals surface area contributed by atoms with Gasteiger partial charge in [-0.1, -0.05) is 0 Å². The number of amidine groups is 1. The smallest absolute Gasteiger partial charge is 0.213 e. The van der Waals surface area contributed by atoms with Crippen molar-refractivity contribution in [1.29, 1.82) is 5.41 Å². The first-order valence-corrected chi connectivity index (χ1v) is 5.81. The number of nitrogens with one attached hydrogen (secondary N) is 1. The summed E-state index contributed by atoms with van der Waals surface area (Å²) in [5.41, 5.74) is 5.99. The maximum atomic E-state index is 7.27. The average Bonchev–Trinajstić information content (AvgIpc) is 2.33. The van der Waals surface area contributed by atoms with Gasteiger partial charge in [0.05, 0.1) is 0 Å². The van der Waals surface area contributed by atoms with Crippen molar-refractivity contribution in [2.75, 3.05) is 20.1 Å². The summed E-state index contributed by atoms with van der Waals surface area (Å²) in [6, 6.07) is 3.54. The number of hydrogen-bond acceptors (Lipinski definition) is 4. The molecule has 2 heterocycles. The molecule has 0 bridgehead atoms. The highest BCUT2D eigenvalue weighted by molar-refractivity contribution is 5.94. The second-order valence-corrected chi connectivity index (χ2v) is 4.42. The predicted molar refractivity (Wildman–Crippen MR) is 66.4 cm³/mol. The molecule has 5 heteroatoms. The summed E-state index contributed by atoms with van der Waals surface area (Å²) in [6.45, 7) is 2.13. The Morgan fingerprint density at radius 1 is 1.47 bits per heavy atom. The first-order valence-electron chi connectivity index (χ1n) is 5.81. The third kappa shape index (κ3) is 3.17. The van der Waals surface area contributed by atoms with E-state index in [-0.39, 0.29) is 11.9 Å². The number of nitrogens with two attached hydrogens (primary N) is 1. The van der Waals surface area contributed by atoms with Gasteiger partial charge >= 0.3 is 0 Å². The van der Waals surface area contributed by atoms with Crippen LogP contribution in [0.25, 0.3) is 0 Å². The molecule has 5 nitrogen and oxygen atoms in total. The summed E-state index contributed by atoms with van der Waals surface area (Å²) in [5, 5.41) is 7.27. The quantitative estimate of drug-likeness (QED) is 0.600. The van der Waals surface area contributed by atoms with Gasteiger partial charge in [0, 0.05) is 30.9 Å². The van der Waals surface area contributed by atoms with E-state index in [1.54, 1.807) is 18.3 Å². The molecule has 0 atom stereocenters. The molecule has 1 aromatic rings. The number of likely N-dealkylation sites (tertiary alicyclic amines) is 1. The minimum atomic E-state index is 0.0309. The molecule has 1 aliphatic rings. The molecule has 17 heavy (non-hydrogen) atoms. The highest BCUT2D eigenvalue weighted by Crippen LogP contribution is 2.16. The zero-order valence-corrected chi connectivity index (χ0v) is 10.0. The lowest BCUT2D eigenvalue weighted by Gasteiger charge is -2.28. The second-order valence-electron chi connectivity index (χ2n) is 4.42. The van der Waals surface area contributed by atoms with E-state index in [1.165, 1.54) is 0 Å². The normalized spacial score (nSPS) is 17.9. The second kappa shape index (κ2) is 5.14. The molecule has 92 valence electrons. The van der Waals surface area contributed by atoms with E-state index in [0.717, 1.165) is 25.9 Å². The summed E-state index contributed by atoms with van der Waals surface area (Å²) in [4.78, 5) is 6.45. The fourth-order valence-corrected chi connectivity index (χ4v) is 1.88. The van der Waals surface area contributed by atoms with E-state index < -0.39 is 0 Å². The van der Waals surface area contributed by atoms with Crippen molar-refractivity contribution in [1.82, 2.24) is 9.88 Å². The van der Waals surface area contributed by atoms with Gasteiger partial charge in [-0.2, -0.15) is 0 Å². The topological polar surface area (TPSA) is 75.2 Å². The van der Waals surface area contributed by atoms with Gasteiger partial charge in [-0.05, 0) is 26.0 Å². The van der Waals surface area contributed by atoms with Crippen LogP contribution in [0.4, 0.5) is 0 Å². The number of nitrogen functional groups attached to an aromatic ring is 1. The van der Waals surface area contributed by atoms with E-state index in [9.17, 15) is 0 Å². The van der Waals surface area contributed by atoms with Gasteiger partial charge in [-0.15, -0.1) is 0 Å². The molecule has 0 spiro atoms. The Balaban J connectivity index is 1.92. The van der Waals surface area contributed by atoms with Crippen LogP contribution in [0.2, 0.25) is 0 Å². The average molecular weight is 234 g/mol. The van der Waals surface area contributed by atoms with Gasteiger partial charge < -0.3 is 15.4 Å². The van der Waals surface area contributed by atoms with Crippen LogP contribution >= 0.6 is 0 Å². The number of piperidine rings is 1. The number of rotatable bonds is 3. The summed E-state index contributed by atoms with van der Waals surface area (Å²) in [5.74, 6) is 0.646. The van der Waals surface area contributed by atoms with Crippen molar-refractivity contribution < 1.29 is 4.74 Å². The molecule has 0 aliphatic carbocycles. The van der Waals surface area contributed by atoms with Crippen LogP contribution in [0.5, 0.6) is 5.88 Å². The first kappa shape index (κ1) is 11.9. The summed E-state index contributed by atoms with van der Waals surface area (Å²) >= 11 is 0. The maximum Gasteiger partial charge on any atom is 0.213 e. The van der Waals surface area contributed by atoms with Crippen LogP contribution in [0.15, 0.2) is 18.3 Å². The van der Waals surface area contributed by atoms with Gasteiger partial charge in [0.25, 0.3) is 0 Å². The molecular formula is C12H18N4O. The Morgan fingerprint density at radius 2 is 2.18 bits per heavy atom. The van der Waals surface area contributed by atoms with E-state index in [1.807, 2.05) is 0 Å². The number of hydrogen-bond donors (Lipinski definition) is 2. The molecule has 0 unspecified atom stereocenters. The van der Waals surface area contributed by atoms with E-state index in [0.29, 0.717) is 11.4 Å². The fraction of sp³-hybridized carbons (Fsp3) is 0.500. The maximum absolute atomic E-state index is 7.27. The molecule has 1 saturated heterocycles. The Bertz CT molecular complexity index is 382. The van der Waals surface area contributed by atoms with Gasteiger partial charge in [0.2, 0.25) is 5.88 Å². The van der Waals surface area contributed by atoms with E-state index >= 15 is 0 Å². The van der Waals surface area contributed by atoms with Crippen molar-refractivity contribution in [2.24, 2.45) is 5.73 Å². The zero-order valence-electron chi connectivity index (χ0n) is 10.0. The largest absolute Gasteiger partial charge is 0.474 e. The Hall–Kier alpha value is -1.62. The third-order valence-corrected chi connectivity index (χ3v) is 3.00. The molecule has 1 fully saturated rings. The molecule has 0 amide bonds. The molecule has 3 N–H and O–H groups in total. The fourth-order valence-electron chi connectivity index (χ4n) is 1.88. The van der Waals surface area contributed by atoms with Crippen LogP contribution < -0.4 is 10.5 Å². The predicted octanol–water partition coefficient (Wildman–Crippen LogP) is 0.839. The standard InChI is InChI=1S/C12H18N4O/c1-16-6-4-10(5-7-16)17-11-3-2-9(8-15-11)12(13)14/h2-3,8,10H,4-7H2,1H3,(H3,13,14). The Labute approximate surface area is 101 Å². The lowest BCUT2D eigenvalue weighted by Crippen LogP contribution is -2.35. The van der Waals surface area contributed by atoms with Crippen LogP contribution in [0.1, 0.15) is 18.4 Å². The molecular weight excluding hydrogens is 216 g/mol. The summed E-state index contributed by atoms with van der Waals surface area (Å²) in [6.07, 6.45) is 3.90. The van der Waals surface area contributed by atoms with E-state index in [4.69, 9.17) is 15.9 Å². The van der Waals surface area contributed by atoms with Gasteiger partial charge in [0.15, 0.2) is 0 Å². The van der Waals surface area contributed by atoms with Crippen LogP contribution in [-0.4, -0.2) is 42.0 Å². The number of aromatic nitrogens is 1. The first-order chi connectivity index (χ1) is 8.15. The molecule has 0 radical (unpaired) electrons. The van der Waals surface area contributed by atoms with Crippen LogP contribution in [0.3, 0.4) is 0 Å². The van der Waals surface area contributed by atoms with Crippen LogP contribution in [0, 0.1) is 5.41 Å². The molecule has 1 aliphatic heterocycles. The lowest BCUT2D eigenvalue weighted by atomic mass is 10.1. The zero-order chi connectivity index (χ0) is 12.3. The van der Waals surface area contributed by atoms with Crippen molar-refractivity contribution in [3.8, 4) is 5.88 Å². The minimum absolute atomic E-state index is 0.0309. The monoisotopic (exact) mass is 234 g/mol. The third-order valence-electron chi connectivity index (χ3n) is 3.00. The van der Waals surface area contributed by atoms with Gasteiger partial charge in [0.1, 0.15) is 11.9 Å². The van der Waals surface area contributed by atoms with Crippen molar-refractivity contribution in [3.63, 3.8) is 0 Å². The minimum Gasteiger partial charge on any atom is -0.474 e. The van der Waals surface area contributed by atoms with E-state index in [2.05, 4.69) is 16.9 Å². The Kier molecular flexibility index (Phi) is 3.58. The van der Waals surface area contributed by atoms with Gasteiger partial charge in [-0.3, -0.25) is 5.41 Å². The number of pyridine rings is 1. The molecule has 2 rings (SSSR count). The Morgan fingerprint density at radius 3 is 2.71 bits per heavy atom. The summed E-state index contributed by atoms with van der Waals surface area (Å²) < 4.78 is 5.79. The molecule has 0 saturated carbocycles. The molecule has 0 aromatic carbocycles. The highest BCUT2D eigenvalue weighted by atomic mass is 16.5. The number of nitrogens with zero attached hydrogens (tertiary/aromatic N) is 2. The SMILES string of the molecule is CN1CCC(Oc2ccc(C(=N)N)cn2)CC1. The van der Waals surface area contributed by atoms with Crippen molar-refractivity contribution in [2.45, 2.75) is 18.9 Å². The highest BCUT2D eigenvalue weighted by Gasteiger charge is 2.18. The van der Waals surface area contributed by atoms with Crippen molar-refractivity contribution >= 4 is 5.84 Å². The van der Waals surface area contributed by atoms with Crippen molar-refractivity contribution in [3.05, 3.63) is 23.9 Å².